The van der Waals surface area contributed by atoms with Crippen LogP contribution < -0.4 is 5.32 Å². The molecule has 1 unspecified atom stereocenters. The first-order valence-electron chi connectivity index (χ1n) is 15.6. The summed E-state index contributed by atoms with van der Waals surface area (Å²) in [5, 5.41) is 11.4. The second-order valence-corrected chi connectivity index (χ2v) is 11.3. The van der Waals surface area contributed by atoms with Crippen LogP contribution in [0.3, 0.4) is 0 Å². The van der Waals surface area contributed by atoms with Crippen LogP contribution in [-0.4, -0.2) is 53.2 Å². The summed E-state index contributed by atoms with van der Waals surface area (Å²) in [4.78, 5) is 52.7. The van der Waals surface area contributed by atoms with Crippen LogP contribution in [0.2, 0.25) is 0 Å². The van der Waals surface area contributed by atoms with Gasteiger partial charge in [0.1, 0.15) is 6.61 Å². The van der Waals surface area contributed by atoms with Crippen LogP contribution >= 0.6 is 0 Å². The Morgan fingerprint density at radius 2 is 1.67 bits per heavy atom. The van der Waals surface area contributed by atoms with E-state index >= 15 is 0 Å². The van der Waals surface area contributed by atoms with Gasteiger partial charge in [0.05, 0.1) is 12.0 Å². The molecule has 1 aromatic rings. The van der Waals surface area contributed by atoms with Crippen LogP contribution in [-0.2, 0) is 23.9 Å². The third-order valence-corrected chi connectivity index (χ3v) is 6.55. The number of ether oxygens (including phenoxy) is 2. The van der Waals surface area contributed by atoms with Crippen molar-refractivity contribution in [2.24, 2.45) is 5.41 Å². The number of aromatic nitrogens is 1. The minimum absolute atomic E-state index is 0.138. The number of esters is 2. The fourth-order valence-corrected chi connectivity index (χ4v) is 3.94. The van der Waals surface area contributed by atoms with E-state index in [0.29, 0.717) is 6.42 Å². The van der Waals surface area contributed by atoms with Gasteiger partial charge in [0, 0.05) is 30.8 Å². The molecule has 0 aliphatic carbocycles. The second-order valence-electron chi connectivity index (χ2n) is 11.3. The Bertz CT molecular complexity index is 1200. The molecule has 0 fully saturated rings. The number of unbranched alkanes of at least 4 members (excludes halogenated alkanes) is 1. The van der Waals surface area contributed by atoms with Crippen molar-refractivity contribution in [3.63, 3.8) is 0 Å². The molecule has 0 saturated carbocycles. The first-order chi connectivity index (χ1) is 21.6. The summed E-state index contributed by atoms with van der Waals surface area (Å²) in [6, 6.07) is 3.06. The van der Waals surface area contributed by atoms with Crippen molar-refractivity contribution < 1.29 is 33.8 Å². The zero-order valence-electron chi connectivity index (χ0n) is 27.2. The Labute approximate surface area is 268 Å². The van der Waals surface area contributed by atoms with Gasteiger partial charge >= 0.3 is 17.9 Å². The maximum absolute atomic E-state index is 12.9. The number of carbonyl (C=O) groups is 4. The van der Waals surface area contributed by atoms with E-state index in [-0.39, 0.29) is 31.6 Å². The van der Waals surface area contributed by atoms with E-state index < -0.39 is 35.3 Å². The number of nitrogens with zero attached hydrogens (tertiary/aromatic N) is 1. The smallest absolute Gasteiger partial charge is 0.340 e. The lowest BCUT2D eigenvalue weighted by Gasteiger charge is -2.32. The van der Waals surface area contributed by atoms with Crippen LogP contribution in [0, 0.1) is 5.41 Å². The molecule has 0 spiro atoms. The molecule has 0 saturated heterocycles. The Morgan fingerprint density at radius 1 is 0.978 bits per heavy atom. The zero-order valence-corrected chi connectivity index (χ0v) is 27.2. The van der Waals surface area contributed by atoms with Crippen LogP contribution in [0.25, 0.3) is 0 Å². The number of rotatable bonds is 22. The molecule has 1 rings (SSSR count). The maximum atomic E-state index is 12.9. The van der Waals surface area contributed by atoms with Gasteiger partial charge < -0.3 is 19.9 Å². The van der Waals surface area contributed by atoms with Gasteiger partial charge in [0.2, 0.25) is 0 Å². The third-order valence-electron chi connectivity index (χ3n) is 6.55. The first-order valence-corrected chi connectivity index (χ1v) is 15.6. The van der Waals surface area contributed by atoms with Gasteiger partial charge in [0.15, 0.2) is 6.10 Å². The van der Waals surface area contributed by atoms with Crippen molar-refractivity contribution in [1.29, 1.82) is 0 Å². The standard InChI is InChI=1S/C36H50N2O7/c1-5-6-7-8-10-13-16-20-29(2)21-17-14-11-9-12-15-18-23-32(41)44-28-36(3,4)33(34(42)38-26-24-31(39)40)45-35(43)30-22-19-25-37-27-30/h6-7,9-10,12-14,17,19-20,22,25,27,33H,5,8,11,15-16,18,21,23-24,26,28H2,1-4H3,(H,38,42)(H,39,40). The molecular weight excluding hydrogens is 572 g/mol. The number of carbonyl (C=O) groups excluding carboxylic acids is 3. The summed E-state index contributed by atoms with van der Waals surface area (Å²) in [7, 11) is 0. The number of nitrogens with one attached hydrogen (secondary N) is 1. The normalized spacial score (nSPS) is 13.1. The third kappa shape index (κ3) is 18.9. The van der Waals surface area contributed by atoms with Crippen molar-refractivity contribution in [2.45, 2.75) is 91.6 Å². The van der Waals surface area contributed by atoms with Gasteiger partial charge in [-0.05, 0) is 64.0 Å². The molecule has 9 nitrogen and oxygen atoms in total. The minimum Gasteiger partial charge on any atom is -0.481 e. The molecule has 2 N–H and O–H groups in total. The fraction of sp³-hybridized carbons (Fsp3) is 0.472. The number of carboxylic acid groups (broad SMARTS) is 1. The Hall–Kier alpha value is -4.27. The average Bonchev–Trinajstić information content (AvgIpc) is 3.01. The van der Waals surface area contributed by atoms with Crippen molar-refractivity contribution in [1.82, 2.24) is 10.3 Å². The monoisotopic (exact) mass is 622 g/mol. The summed E-state index contributed by atoms with van der Waals surface area (Å²) in [6.07, 6.45) is 26.9. The first kappa shape index (κ1) is 38.8. The highest BCUT2D eigenvalue weighted by Gasteiger charge is 2.40. The molecule has 9 heteroatoms. The second kappa shape index (κ2) is 23.2. The summed E-state index contributed by atoms with van der Waals surface area (Å²) in [6.45, 7) is 7.22. The van der Waals surface area contributed by atoms with Crippen LogP contribution in [0.4, 0.5) is 0 Å². The molecule has 0 aliphatic rings. The van der Waals surface area contributed by atoms with Gasteiger partial charge in [0.25, 0.3) is 5.91 Å². The number of pyridine rings is 1. The number of amides is 1. The molecular formula is C36H50N2O7. The highest BCUT2D eigenvalue weighted by Crippen LogP contribution is 2.26. The van der Waals surface area contributed by atoms with Gasteiger partial charge in [-0.3, -0.25) is 19.4 Å². The number of hydrogen-bond acceptors (Lipinski definition) is 7. The van der Waals surface area contributed by atoms with E-state index in [2.05, 4.69) is 72.8 Å². The van der Waals surface area contributed by atoms with E-state index in [0.717, 1.165) is 38.5 Å². The van der Waals surface area contributed by atoms with E-state index in [1.54, 1.807) is 19.9 Å². The number of hydrogen-bond donors (Lipinski definition) is 2. The summed E-state index contributed by atoms with van der Waals surface area (Å²) in [5.41, 5.74) is 0.393. The highest BCUT2D eigenvalue weighted by atomic mass is 16.6. The lowest BCUT2D eigenvalue weighted by atomic mass is 9.86. The highest BCUT2D eigenvalue weighted by molar-refractivity contribution is 5.92. The van der Waals surface area contributed by atoms with E-state index in [4.69, 9.17) is 14.6 Å². The topological polar surface area (TPSA) is 132 Å². The van der Waals surface area contributed by atoms with Gasteiger partial charge in [-0.2, -0.15) is 0 Å². The predicted molar refractivity (Wildman–Crippen MR) is 176 cm³/mol. The van der Waals surface area contributed by atoms with E-state index in [9.17, 15) is 19.2 Å². The maximum Gasteiger partial charge on any atom is 0.340 e. The van der Waals surface area contributed by atoms with Crippen molar-refractivity contribution >= 4 is 23.8 Å². The van der Waals surface area contributed by atoms with Crippen molar-refractivity contribution in [2.75, 3.05) is 13.2 Å². The summed E-state index contributed by atoms with van der Waals surface area (Å²) < 4.78 is 10.9. The lowest BCUT2D eigenvalue weighted by Crippen LogP contribution is -2.49. The summed E-state index contributed by atoms with van der Waals surface area (Å²) in [5.74, 6) is -2.95. The van der Waals surface area contributed by atoms with Gasteiger partial charge in [-0.25, -0.2) is 4.79 Å². The minimum atomic E-state index is -1.34. The molecule has 1 heterocycles. The lowest BCUT2D eigenvalue weighted by molar-refractivity contribution is -0.153. The summed E-state index contributed by atoms with van der Waals surface area (Å²) >= 11 is 0. The Balaban J connectivity index is 2.46. The van der Waals surface area contributed by atoms with E-state index in [1.807, 2.05) is 6.08 Å². The molecule has 1 atom stereocenters. The number of carboxylic acids is 1. The predicted octanol–water partition coefficient (Wildman–Crippen LogP) is 7.08. The van der Waals surface area contributed by atoms with Crippen LogP contribution in [0.5, 0.6) is 0 Å². The fourth-order valence-electron chi connectivity index (χ4n) is 3.94. The van der Waals surface area contributed by atoms with Gasteiger partial charge in [-0.15, -0.1) is 0 Å². The Kier molecular flexibility index (Phi) is 19.9. The Morgan fingerprint density at radius 3 is 2.36 bits per heavy atom. The molecule has 1 aromatic heterocycles. The van der Waals surface area contributed by atoms with Crippen molar-refractivity contribution in [3.05, 3.63) is 90.3 Å². The molecule has 246 valence electrons. The molecule has 1 amide bonds. The number of allylic oxidation sites excluding steroid dienone is 10. The van der Waals surface area contributed by atoms with Crippen LogP contribution in [0.15, 0.2) is 84.8 Å². The molecule has 0 aromatic carbocycles. The van der Waals surface area contributed by atoms with Crippen molar-refractivity contribution in [3.8, 4) is 0 Å². The number of aliphatic carboxylic acids is 1. The molecule has 0 bridgehead atoms. The SMILES string of the molecule is CCC=CCC=CCC=C(C)CC=CCC=CCCCC(=O)OCC(C)(C)C(OC(=O)c1cccnc1)C(=O)NCCC(=O)O. The van der Waals surface area contributed by atoms with Crippen LogP contribution in [0.1, 0.15) is 95.8 Å². The van der Waals surface area contributed by atoms with Gasteiger partial charge in [-0.1, -0.05) is 81.0 Å². The molecule has 0 radical (unpaired) electrons. The molecule has 0 aliphatic heterocycles. The molecule has 45 heavy (non-hydrogen) atoms. The zero-order chi connectivity index (χ0) is 33.3. The quantitative estimate of drug-likeness (QED) is 0.0797. The largest absolute Gasteiger partial charge is 0.481 e. The van der Waals surface area contributed by atoms with E-state index in [1.165, 1.54) is 24.0 Å². The average molecular weight is 623 g/mol.